The van der Waals surface area contributed by atoms with Crippen molar-refractivity contribution in [2.75, 3.05) is 4.90 Å². The van der Waals surface area contributed by atoms with Crippen LogP contribution < -0.4 is 4.90 Å². The molecule has 0 saturated carbocycles. The lowest BCUT2D eigenvalue weighted by Gasteiger charge is -2.41. The van der Waals surface area contributed by atoms with Gasteiger partial charge in [0.2, 0.25) is 5.95 Å². The molecule has 2 unspecified atom stereocenters. The molecule has 0 saturated heterocycles. The van der Waals surface area contributed by atoms with Gasteiger partial charge in [0, 0.05) is 37.4 Å². The maximum absolute atomic E-state index is 5.49. The summed E-state index contributed by atoms with van der Waals surface area (Å²) in [7, 11) is 0. The summed E-state index contributed by atoms with van der Waals surface area (Å²) in [5, 5.41) is 3.53. The van der Waals surface area contributed by atoms with Gasteiger partial charge in [-0.1, -0.05) is 135 Å². The maximum atomic E-state index is 5.49. The van der Waals surface area contributed by atoms with Gasteiger partial charge in [-0.15, -0.1) is 11.3 Å². The third-order valence-electron chi connectivity index (χ3n) is 10.7. The predicted molar refractivity (Wildman–Crippen MR) is 192 cm³/mol. The summed E-state index contributed by atoms with van der Waals surface area (Å²) in [5.74, 6) is 0.890. The summed E-state index contributed by atoms with van der Waals surface area (Å²) < 4.78 is 0. The Morgan fingerprint density at radius 2 is 1.46 bits per heavy atom. The Kier molecular flexibility index (Phi) is 5.13. The molecule has 7 aromatic rings. The summed E-state index contributed by atoms with van der Waals surface area (Å²) in [4.78, 5) is 16.2. The van der Waals surface area contributed by atoms with E-state index < -0.39 is 5.54 Å². The highest BCUT2D eigenvalue weighted by molar-refractivity contribution is 7.16. The summed E-state index contributed by atoms with van der Waals surface area (Å²) in [6, 6.07) is 41.3. The molecule has 0 radical (unpaired) electrons. The molecule has 3 nitrogen and oxygen atoms in total. The number of benzene rings is 5. The van der Waals surface area contributed by atoms with E-state index in [-0.39, 0.29) is 11.3 Å². The number of rotatable bonds is 2. The second-order valence-corrected chi connectivity index (χ2v) is 14.5. The number of hydrogen-bond acceptors (Lipinski definition) is 4. The van der Waals surface area contributed by atoms with Crippen molar-refractivity contribution in [3.8, 4) is 21.7 Å². The van der Waals surface area contributed by atoms with E-state index in [0.717, 1.165) is 28.1 Å². The number of aromatic nitrogens is 2. The zero-order valence-corrected chi connectivity index (χ0v) is 26.8. The molecule has 2 aromatic heterocycles. The van der Waals surface area contributed by atoms with Gasteiger partial charge in [0.25, 0.3) is 0 Å². The Labute approximate surface area is 272 Å². The lowest BCUT2D eigenvalue weighted by molar-refractivity contribution is 0.462. The number of para-hydroxylation sites is 1. The number of nitrogens with zero attached hydrogens (tertiary/aromatic N) is 3. The molecule has 46 heavy (non-hydrogen) atoms. The zero-order valence-electron chi connectivity index (χ0n) is 26.0. The number of fused-ring (bicyclic) bond motifs is 12. The zero-order chi connectivity index (χ0) is 30.8. The van der Waals surface area contributed by atoms with Crippen LogP contribution in [0.25, 0.3) is 49.4 Å². The molecular weight excluding hydrogens is 579 g/mol. The molecule has 2 atom stereocenters. The Balaban J connectivity index is 1.30. The van der Waals surface area contributed by atoms with Crippen molar-refractivity contribution in [1.82, 2.24) is 9.97 Å². The van der Waals surface area contributed by atoms with E-state index in [2.05, 4.69) is 153 Å². The van der Waals surface area contributed by atoms with Crippen LogP contribution in [0, 0.1) is 0 Å². The van der Waals surface area contributed by atoms with Gasteiger partial charge in [-0.3, -0.25) is 4.90 Å². The second kappa shape index (κ2) is 9.02. The first-order valence-electron chi connectivity index (χ1n) is 16.1. The molecule has 0 N–H and O–H groups in total. The van der Waals surface area contributed by atoms with Gasteiger partial charge in [0.05, 0.1) is 22.4 Å². The van der Waals surface area contributed by atoms with E-state index in [0.29, 0.717) is 0 Å². The monoisotopic (exact) mass is 609 g/mol. The smallest absolute Gasteiger partial charge is 0.231 e. The van der Waals surface area contributed by atoms with E-state index >= 15 is 0 Å². The third-order valence-corrected chi connectivity index (χ3v) is 12.2. The maximum Gasteiger partial charge on any atom is 0.231 e. The van der Waals surface area contributed by atoms with Gasteiger partial charge in [0.1, 0.15) is 0 Å². The van der Waals surface area contributed by atoms with Crippen LogP contribution in [0.3, 0.4) is 0 Å². The molecule has 1 aliphatic heterocycles. The van der Waals surface area contributed by atoms with Gasteiger partial charge in [-0.25, -0.2) is 9.97 Å². The Bertz CT molecular complexity index is 2440. The van der Waals surface area contributed by atoms with E-state index in [1.807, 2.05) is 11.3 Å². The molecule has 3 aliphatic rings. The molecule has 0 bridgehead atoms. The van der Waals surface area contributed by atoms with Crippen molar-refractivity contribution in [2.45, 2.75) is 37.6 Å². The fraction of sp³-hybridized carbons (Fsp3) is 0.143. The molecule has 0 amide bonds. The lowest BCUT2D eigenvalue weighted by atomic mass is 9.73. The molecular formula is C42H31N3S. The van der Waals surface area contributed by atoms with Crippen molar-refractivity contribution in [2.24, 2.45) is 0 Å². The van der Waals surface area contributed by atoms with Gasteiger partial charge in [0.15, 0.2) is 0 Å². The normalized spacial score (nSPS) is 20.0. The van der Waals surface area contributed by atoms with Crippen molar-refractivity contribution in [3.05, 3.63) is 148 Å². The van der Waals surface area contributed by atoms with E-state index in [4.69, 9.17) is 9.97 Å². The third kappa shape index (κ3) is 3.22. The fourth-order valence-corrected chi connectivity index (χ4v) is 10.3. The number of hydrogen-bond donors (Lipinski definition) is 0. The summed E-state index contributed by atoms with van der Waals surface area (Å²) in [6.07, 6.45) is 4.88. The van der Waals surface area contributed by atoms with Crippen LogP contribution in [0.5, 0.6) is 0 Å². The Morgan fingerprint density at radius 3 is 2.33 bits per heavy atom. The molecule has 4 heteroatoms. The molecule has 5 aromatic carbocycles. The average molecular weight is 610 g/mol. The van der Waals surface area contributed by atoms with Gasteiger partial charge < -0.3 is 0 Å². The van der Waals surface area contributed by atoms with Crippen LogP contribution in [0.1, 0.15) is 53.8 Å². The van der Waals surface area contributed by atoms with Crippen molar-refractivity contribution in [3.63, 3.8) is 0 Å². The largest absolute Gasteiger partial charge is 0.298 e. The highest BCUT2D eigenvalue weighted by Gasteiger charge is 2.56. The van der Waals surface area contributed by atoms with Crippen molar-refractivity contribution in [1.29, 1.82) is 0 Å². The minimum Gasteiger partial charge on any atom is -0.298 e. The minimum atomic E-state index is -0.424. The molecule has 0 fully saturated rings. The highest BCUT2D eigenvalue weighted by atomic mass is 32.1. The van der Waals surface area contributed by atoms with Crippen LogP contribution in [0.2, 0.25) is 0 Å². The number of thiophene rings is 1. The standard InChI is InChI=1S/C42H31N3S/c1-41(2)32-19-11-9-17-29(32)38-35(41)31-23-24-33-28-22-21-25-13-7-8-16-27(25)37(28)45(42(33,3)39(31)46-38)40-43-34-20-12-10-18-30(34)36(44-40)26-14-5-4-6-15-26/h4-24,33H,1-3H3. The Hall–Kier alpha value is -5.06. The van der Waals surface area contributed by atoms with Crippen LogP contribution >= 0.6 is 11.3 Å². The SMILES string of the molecule is CC1(C)c2ccccc2-c2sc3c(c21)C=CC1c2ccc4ccccc4c2N(c2nc(-c4ccccc4)c4ccccc4n2)C31C. The molecule has 220 valence electrons. The van der Waals surface area contributed by atoms with Crippen LogP contribution in [0.4, 0.5) is 11.6 Å². The minimum absolute atomic E-state index is 0.0769. The molecule has 10 rings (SSSR count). The van der Waals surface area contributed by atoms with E-state index in [9.17, 15) is 0 Å². The van der Waals surface area contributed by atoms with Gasteiger partial charge >= 0.3 is 0 Å². The summed E-state index contributed by atoms with van der Waals surface area (Å²) in [5.41, 5.74) is 10.7. The summed E-state index contributed by atoms with van der Waals surface area (Å²) >= 11 is 1.97. The first kappa shape index (κ1) is 26.2. The van der Waals surface area contributed by atoms with E-state index in [1.165, 1.54) is 54.0 Å². The predicted octanol–water partition coefficient (Wildman–Crippen LogP) is 11.0. The first-order chi connectivity index (χ1) is 22.5. The van der Waals surface area contributed by atoms with Crippen LogP contribution in [0.15, 0.2) is 121 Å². The van der Waals surface area contributed by atoms with Gasteiger partial charge in [-0.05, 0) is 46.2 Å². The summed E-state index contributed by atoms with van der Waals surface area (Å²) in [6.45, 7) is 7.21. The Morgan fingerprint density at radius 1 is 0.717 bits per heavy atom. The van der Waals surface area contributed by atoms with Crippen LogP contribution in [-0.4, -0.2) is 9.97 Å². The second-order valence-electron chi connectivity index (χ2n) is 13.5. The number of anilines is 2. The molecule has 0 spiro atoms. The highest BCUT2D eigenvalue weighted by Crippen LogP contribution is 2.65. The lowest BCUT2D eigenvalue weighted by Crippen LogP contribution is -2.42. The van der Waals surface area contributed by atoms with Crippen molar-refractivity contribution < 1.29 is 0 Å². The molecule has 3 heterocycles. The van der Waals surface area contributed by atoms with Crippen molar-refractivity contribution >= 4 is 50.7 Å². The topological polar surface area (TPSA) is 29.0 Å². The fourth-order valence-electron chi connectivity index (χ4n) is 8.61. The van der Waals surface area contributed by atoms with E-state index in [1.54, 1.807) is 0 Å². The average Bonchev–Trinajstić information content (AvgIpc) is 3.69. The first-order valence-corrected chi connectivity index (χ1v) is 16.9. The molecule has 2 aliphatic carbocycles. The van der Waals surface area contributed by atoms with Crippen LogP contribution in [-0.2, 0) is 11.0 Å². The van der Waals surface area contributed by atoms with Gasteiger partial charge in [-0.2, -0.15) is 0 Å². The quantitative estimate of drug-likeness (QED) is 0.195.